The van der Waals surface area contributed by atoms with Crippen LogP contribution in [0.2, 0.25) is 0 Å². The Balaban J connectivity index is 2.11. The Morgan fingerprint density at radius 2 is 2.20 bits per heavy atom. The normalized spacial score (nSPS) is 23.9. The van der Waals surface area contributed by atoms with E-state index in [2.05, 4.69) is 24.3 Å². The molecule has 2 rings (SSSR count). The first-order chi connectivity index (χ1) is 9.44. The van der Waals surface area contributed by atoms with Gasteiger partial charge in [0.05, 0.1) is 16.7 Å². The number of hydrogen-bond acceptors (Lipinski definition) is 4. The Kier molecular flexibility index (Phi) is 4.86. The Bertz CT molecular complexity index is 536. The maximum atomic E-state index is 12.2. The zero-order chi connectivity index (χ0) is 14.8. The lowest BCUT2D eigenvalue weighted by Crippen LogP contribution is -2.46. The Morgan fingerprint density at radius 1 is 1.45 bits per heavy atom. The van der Waals surface area contributed by atoms with Crippen LogP contribution in [0.1, 0.15) is 44.8 Å². The van der Waals surface area contributed by atoms with Gasteiger partial charge in [-0.15, -0.1) is 0 Å². The number of hydrogen-bond donors (Lipinski definition) is 1. The highest BCUT2D eigenvalue weighted by Crippen LogP contribution is 2.24. The molecule has 6 heteroatoms. The highest BCUT2D eigenvalue weighted by molar-refractivity contribution is 7.92. The van der Waals surface area contributed by atoms with E-state index < -0.39 is 9.84 Å². The lowest BCUT2D eigenvalue weighted by Gasteiger charge is -2.29. The molecule has 2 unspecified atom stereocenters. The average Bonchev–Trinajstić information content (AvgIpc) is 2.85. The number of rotatable bonds is 5. The van der Waals surface area contributed by atoms with E-state index in [0.717, 1.165) is 25.0 Å². The van der Waals surface area contributed by atoms with Crippen LogP contribution in [-0.4, -0.2) is 42.3 Å². The average molecular weight is 299 g/mol. The molecule has 0 aliphatic carbocycles. The van der Waals surface area contributed by atoms with Crippen molar-refractivity contribution in [3.05, 3.63) is 18.0 Å². The zero-order valence-corrected chi connectivity index (χ0v) is 13.4. The fourth-order valence-corrected chi connectivity index (χ4v) is 5.02. The molecule has 0 bridgehead atoms. The SMILES string of the molecule is CNC(Cc1ccn(C(C)C)n1)C1CCCCS1(=O)=O. The number of nitrogens with one attached hydrogen (secondary N) is 1. The van der Waals surface area contributed by atoms with Gasteiger partial charge in [-0.1, -0.05) is 6.42 Å². The molecule has 1 saturated heterocycles. The van der Waals surface area contributed by atoms with Crippen LogP contribution in [0.15, 0.2) is 12.3 Å². The van der Waals surface area contributed by atoms with Gasteiger partial charge in [0.15, 0.2) is 9.84 Å². The van der Waals surface area contributed by atoms with Gasteiger partial charge in [-0.3, -0.25) is 4.68 Å². The highest BCUT2D eigenvalue weighted by atomic mass is 32.2. The summed E-state index contributed by atoms with van der Waals surface area (Å²) in [5.74, 6) is 0.330. The zero-order valence-electron chi connectivity index (χ0n) is 12.5. The van der Waals surface area contributed by atoms with Crippen LogP contribution in [0.3, 0.4) is 0 Å². The third-order valence-electron chi connectivity index (χ3n) is 4.07. The molecular weight excluding hydrogens is 274 g/mol. The number of nitrogens with zero attached hydrogens (tertiary/aromatic N) is 2. The molecule has 0 spiro atoms. The first-order valence-electron chi connectivity index (χ1n) is 7.37. The minimum absolute atomic E-state index is 0.0455. The largest absolute Gasteiger partial charge is 0.315 e. The molecule has 1 aliphatic heterocycles. The van der Waals surface area contributed by atoms with Crippen LogP contribution in [-0.2, 0) is 16.3 Å². The Morgan fingerprint density at radius 3 is 2.75 bits per heavy atom. The van der Waals surface area contributed by atoms with Crippen molar-refractivity contribution in [2.45, 2.75) is 56.9 Å². The second-order valence-corrected chi connectivity index (χ2v) is 8.22. The molecule has 1 aromatic heterocycles. The quantitative estimate of drug-likeness (QED) is 0.896. The molecule has 0 radical (unpaired) electrons. The summed E-state index contributed by atoms with van der Waals surface area (Å²) in [4.78, 5) is 0. The first kappa shape index (κ1) is 15.5. The van der Waals surface area contributed by atoms with E-state index in [4.69, 9.17) is 0 Å². The smallest absolute Gasteiger partial charge is 0.154 e. The number of sulfone groups is 1. The van der Waals surface area contributed by atoms with Crippen LogP contribution in [0.25, 0.3) is 0 Å². The molecule has 114 valence electrons. The molecule has 2 heterocycles. The van der Waals surface area contributed by atoms with Crippen molar-refractivity contribution in [1.29, 1.82) is 0 Å². The van der Waals surface area contributed by atoms with E-state index in [1.54, 1.807) is 0 Å². The topological polar surface area (TPSA) is 64.0 Å². The molecule has 0 saturated carbocycles. The van der Waals surface area contributed by atoms with E-state index in [0.29, 0.717) is 18.2 Å². The van der Waals surface area contributed by atoms with Crippen LogP contribution in [0, 0.1) is 0 Å². The minimum Gasteiger partial charge on any atom is -0.315 e. The van der Waals surface area contributed by atoms with Crippen molar-refractivity contribution in [2.24, 2.45) is 0 Å². The summed E-state index contributed by atoms with van der Waals surface area (Å²) in [7, 11) is -1.12. The maximum Gasteiger partial charge on any atom is 0.154 e. The van der Waals surface area contributed by atoms with Crippen LogP contribution >= 0.6 is 0 Å². The fraction of sp³-hybridized carbons (Fsp3) is 0.786. The molecule has 0 amide bonds. The fourth-order valence-electron chi connectivity index (χ4n) is 2.85. The summed E-state index contributed by atoms with van der Waals surface area (Å²) < 4.78 is 26.4. The van der Waals surface area contributed by atoms with Gasteiger partial charge in [-0.25, -0.2) is 8.42 Å². The van der Waals surface area contributed by atoms with Gasteiger partial charge in [0.2, 0.25) is 0 Å². The molecule has 0 aromatic carbocycles. The van der Waals surface area contributed by atoms with E-state index in [-0.39, 0.29) is 11.3 Å². The lowest BCUT2D eigenvalue weighted by atomic mass is 10.0. The predicted molar refractivity (Wildman–Crippen MR) is 80.6 cm³/mol. The molecule has 1 aliphatic rings. The monoisotopic (exact) mass is 299 g/mol. The van der Waals surface area contributed by atoms with Crippen molar-refractivity contribution in [1.82, 2.24) is 15.1 Å². The summed E-state index contributed by atoms with van der Waals surface area (Å²) in [6.07, 6.45) is 5.20. The van der Waals surface area contributed by atoms with E-state index in [1.165, 1.54) is 0 Å². The van der Waals surface area contributed by atoms with Crippen molar-refractivity contribution in [2.75, 3.05) is 12.8 Å². The van der Waals surface area contributed by atoms with Gasteiger partial charge in [-0.2, -0.15) is 5.10 Å². The molecule has 2 atom stereocenters. The van der Waals surface area contributed by atoms with E-state index in [1.807, 2.05) is 24.0 Å². The van der Waals surface area contributed by atoms with Gasteiger partial charge in [0.1, 0.15) is 0 Å². The standard InChI is InChI=1S/C14H25N3O2S/c1-11(2)17-8-7-12(16-17)10-13(15-3)14-6-4-5-9-20(14,18)19/h7-8,11,13-15H,4-6,9-10H2,1-3H3. The molecule has 1 fully saturated rings. The first-order valence-corrected chi connectivity index (χ1v) is 9.08. The Labute approximate surface area is 121 Å². The van der Waals surface area contributed by atoms with Crippen molar-refractivity contribution >= 4 is 9.84 Å². The van der Waals surface area contributed by atoms with Gasteiger partial charge in [-0.05, 0) is 39.8 Å². The van der Waals surface area contributed by atoms with Crippen LogP contribution in [0.5, 0.6) is 0 Å². The van der Waals surface area contributed by atoms with Gasteiger partial charge in [0, 0.05) is 24.7 Å². The third-order valence-corrected chi connectivity index (χ3v) is 6.41. The number of likely N-dealkylation sites (N-methyl/N-ethyl adjacent to an activating group) is 1. The van der Waals surface area contributed by atoms with E-state index in [9.17, 15) is 8.42 Å². The van der Waals surface area contributed by atoms with Crippen molar-refractivity contribution < 1.29 is 8.42 Å². The summed E-state index contributed by atoms with van der Waals surface area (Å²) in [5.41, 5.74) is 0.957. The summed E-state index contributed by atoms with van der Waals surface area (Å²) in [6, 6.07) is 2.27. The molecule has 20 heavy (non-hydrogen) atoms. The van der Waals surface area contributed by atoms with Gasteiger partial charge in [0.25, 0.3) is 0 Å². The van der Waals surface area contributed by atoms with Crippen molar-refractivity contribution in [3.8, 4) is 0 Å². The summed E-state index contributed by atoms with van der Waals surface area (Å²) >= 11 is 0. The third kappa shape index (κ3) is 3.41. The van der Waals surface area contributed by atoms with E-state index >= 15 is 0 Å². The summed E-state index contributed by atoms with van der Waals surface area (Å²) in [6.45, 7) is 4.16. The second kappa shape index (κ2) is 6.26. The molecular formula is C14H25N3O2S. The molecule has 5 nitrogen and oxygen atoms in total. The lowest BCUT2D eigenvalue weighted by molar-refractivity contribution is 0.449. The van der Waals surface area contributed by atoms with Crippen LogP contribution < -0.4 is 5.32 Å². The second-order valence-electron chi connectivity index (χ2n) is 5.88. The predicted octanol–water partition coefficient (Wildman–Crippen LogP) is 1.56. The van der Waals surface area contributed by atoms with Crippen molar-refractivity contribution in [3.63, 3.8) is 0 Å². The molecule has 1 aromatic rings. The van der Waals surface area contributed by atoms with Gasteiger partial charge < -0.3 is 5.32 Å². The summed E-state index contributed by atoms with van der Waals surface area (Å²) in [5, 5.41) is 7.44. The minimum atomic E-state index is -2.96. The molecule has 1 N–H and O–H groups in total. The number of aromatic nitrogens is 2. The maximum absolute atomic E-state index is 12.2. The van der Waals surface area contributed by atoms with Gasteiger partial charge >= 0.3 is 0 Å². The highest BCUT2D eigenvalue weighted by Gasteiger charge is 2.35. The Hall–Kier alpha value is -0.880. The van der Waals surface area contributed by atoms with Crippen LogP contribution in [0.4, 0.5) is 0 Å².